The average molecular weight is 612 g/mol. The summed E-state index contributed by atoms with van der Waals surface area (Å²) in [5.74, 6) is 0.522. The van der Waals surface area contributed by atoms with Gasteiger partial charge in [0.15, 0.2) is 0 Å². The number of carbonyl (C=O) groups excluding carboxylic acids is 2. The highest BCUT2D eigenvalue weighted by atomic mass is 32.2. The Morgan fingerprint density at radius 3 is 2.14 bits per heavy atom. The van der Waals surface area contributed by atoms with Crippen LogP contribution in [0.3, 0.4) is 0 Å². The molecule has 0 aliphatic carbocycles. The highest BCUT2D eigenvalue weighted by Crippen LogP contribution is 2.36. The van der Waals surface area contributed by atoms with Gasteiger partial charge in [-0.3, -0.25) is 13.9 Å². The fraction of sp³-hybridized carbons (Fsp3) is 0.375. The van der Waals surface area contributed by atoms with Gasteiger partial charge in [0.05, 0.1) is 31.9 Å². The molecule has 0 spiro atoms. The second-order valence-electron chi connectivity index (χ2n) is 10.3. The van der Waals surface area contributed by atoms with Crippen LogP contribution in [0.2, 0.25) is 0 Å². The number of ether oxygens (including phenoxy) is 3. The highest BCUT2D eigenvalue weighted by Gasteiger charge is 2.35. The maximum absolute atomic E-state index is 14.3. The van der Waals surface area contributed by atoms with Gasteiger partial charge < -0.3 is 24.4 Å². The maximum Gasteiger partial charge on any atom is 0.264 e. The van der Waals surface area contributed by atoms with E-state index in [1.54, 1.807) is 55.6 Å². The summed E-state index contributed by atoms with van der Waals surface area (Å²) in [6, 6.07) is 18.9. The molecule has 0 fully saturated rings. The van der Waals surface area contributed by atoms with Gasteiger partial charge in [-0.05, 0) is 54.3 Å². The SMILES string of the molecule is CCC(C(=O)NCC(C)C)N(Cc1cccc(OC)c1)C(=O)CN(c1cc(OC)ccc1OC)S(=O)(=O)c1ccccc1. The van der Waals surface area contributed by atoms with E-state index in [1.807, 2.05) is 26.8 Å². The van der Waals surface area contributed by atoms with Crippen LogP contribution in [0.5, 0.6) is 17.2 Å². The van der Waals surface area contributed by atoms with Crippen LogP contribution in [-0.4, -0.2) is 65.6 Å². The predicted octanol–water partition coefficient (Wildman–Crippen LogP) is 4.49. The quantitative estimate of drug-likeness (QED) is 0.269. The Morgan fingerprint density at radius 1 is 0.860 bits per heavy atom. The molecule has 0 saturated carbocycles. The molecule has 0 aliphatic heterocycles. The fourth-order valence-corrected chi connectivity index (χ4v) is 5.97. The van der Waals surface area contributed by atoms with Gasteiger partial charge in [-0.2, -0.15) is 0 Å². The van der Waals surface area contributed by atoms with Crippen molar-refractivity contribution >= 4 is 27.5 Å². The molecule has 232 valence electrons. The van der Waals surface area contributed by atoms with Crippen molar-refractivity contribution in [2.45, 2.75) is 44.7 Å². The number of nitrogens with one attached hydrogen (secondary N) is 1. The molecule has 1 atom stereocenters. The lowest BCUT2D eigenvalue weighted by atomic mass is 10.1. The van der Waals surface area contributed by atoms with Crippen LogP contribution in [0, 0.1) is 5.92 Å². The van der Waals surface area contributed by atoms with Crippen molar-refractivity contribution in [3.63, 3.8) is 0 Å². The first kappa shape index (κ1) is 33.3. The molecule has 0 saturated heterocycles. The molecule has 3 rings (SSSR count). The third-order valence-electron chi connectivity index (χ3n) is 6.82. The van der Waals surface area contributed by atoms with Crippen molar-refractivity contribution in [1.82, 2.24) is 10.2 Å². The van der Waals surface area contributed by atoms with Gasteiger partial charge in [-0.1, -0.05) is 51.1 Å². The Kier molecular flexibility index (Phi) is 11.8. The van der Waals surface area contributed by atoms with Crippen LogP contribution < -0.4 is 23.8 Å². The summed E-state index contributed by atoms with van der Waals surface area (Å²) in [5.41, 5.74) is 0.844. The first-order valence-corrected chi connectivity index (χ1v) is 15.5. The van der Waals surface area contributed by atoms with Crippen LogP contribution in [0.15, 0.2) is 77.7 Å². The molecule has 2 amide bonds. The standard InChI is InChI=1S/C32H41N3O7S/c1-7-28(32(37)33-20-23(2)3)34(21-24-12-11-13-25(18-24)40-4)31(36)22-35(43(38,39)27-14-9-8-10-15-27)29-19-26(41-5)16-17-30(29)42-6/h8-19,23,28H,7,20-22H2,1-6H3,(H,33,37). The molecule has 0 aromatic heterocycles. The zero-order chi connectivity index (χ0) is 31.6. The van der Waals surface area contributed by atoms with Crippen LogP contribution in [0.1, 0.15) is 32.8 Å². The number of benzene rings is 3. The number of methoxy groups -OCH3 is 3. The summed E-state index contributed by atoms with van der Waals surface area (Å²) < 4.78 is 45.5. The first-order valence-electron chi connectivity index (χ1n) is 14.1. The van der Waals surface area contributed by atoms with Crippen molar-refractivity contribution in [1.29, 1.82) is 0 Å². The van der Waals surface area contributed by atoms with E-state index in [0.29, 0.717) is 24.5 Å². The molecule has 0 aliphatic rings. The van der Waals surface area contributed by atoms with E-state index in [1.165, 1.54) is 37.3 Å². The van der Waals surface area contributed by atoms with E-state index in [0.717, 1.165) is 9.87 Å². The molecule has 0 bridgehead atoms. The molecule has 11 heteroatoms. The number of anilines is 1. The monoisotopic (exact) mass is 611 g/mol. The van der Waals surface area contributed by atoms with Gasteiger partial charge in [0.2, 0.25) is 11.8 Å². The zero-order valence-corrected chi connectivity index (χ0v) is 26.4. The summed E-state index contributed by atoms with van der Waals surface area (Å²) in [4.78, 5) is 29.1. The Morgan fingerprint density at radius 2 is 1.53 bits per heavy atom. The highest BCUT2D eigenvalue weighted by molar-refractivity contribution is 7.92. The largest absolute Gasteiger partial charge is 0.497 e. The number of hydrogen-bond acceptors (Lipinski definition) is 7. The van der Waals surface area contributed by atoms with Crippen molar-refractivity contribution in [2.75, 3.05) is 38.7 Å². The minimum Gasteiger partial charge on any atom is -0.497 e. The number of sulfonamides is 1. The van der Waals surface area contributed by atoms with Crippen LogP contribution >= 0.6 is 0 Å². The molecular weight excluding hydrogens is 570 g/mol. The third kappa shape index (κ3) is 8.41. The van der Waals surface area contributed by atoms with E-state index >= 15 is 0 Å². The number of nitrogens with zero attached hydrogens (tertiary/aromatic N) is 2. The van der Waals surface area contributed by atoms with E-state index in [-0.39, 0.29) is 34.7 Å². The number of amides is 2. The van der Waals surface area contributed by atoms with Crippen LogP contribution in [-0.2, 0) is 26.2 Å². The summed E-state index contributed by atoms with van der Waals surface area (Å²) in [5, 5.41) is 2.93. The Balaban J connectivity index is 2.13. The lowest BCUT2D eigenvalue weighted by molar-refractivity contribution is -0.140. The fourth-order valence-electron chi connectivity index (χ4n) is 4.53. The minimum atomic E-state index is -4.27. The molecule has 0 radical (unpaired) electrons. The summed E-state index contributed by atoms with van der Waals surface area (Å²) in [6.07, 6.45) is 0.313. The third-order valence-corrected chi connectivity index (χ3v) is 8.60. The summed E-state index contributed by atoms with van der Waals surface area (Å²) >= 11 is 0. The molecule has 3 aromatic rings. The lowest BCUT2D eigenvalue weighted by Gasteiger charge is -2.33. The maximum atomic E-state index is 14.3. The Hall–Kier alpha value is -4.25. The normalized spacial score (nSPS) is 11.9. The smallest absolute Gasteiger partial charge is 0.264 e. The minimum absolute atomic E-state index is 0.00580. The lowest BCUT2D eigenvalue weighted by Crippen LogP contribution is -2.52. The van der Waals surface area contributed by atoms with E-state index < -0.39 is 28.5 Å². The predicted molar refractivity (Wildman–Crippen MR) is 166 cm³/mol. The van der Waals surface area contributed by atoms with Crippen molar-refractivity contribution in [3.8, 4) is 17.2 Å². The first-order chi connectivity index (χ1) is 20.5. The number of rotatable bonds is 15. The summed E-state index contributed by atoms with van der Waals surface area (Å²) in [6.45, 7) is 5.67. The van der Waals surface area contributed by atoms with Gasteiger partial charge in [-0.25, -0.2) is 8.42 Å². The van der Waals surface area contributed by atoms with Crippen LogP contribution in [0.25, 0.3) is 0 Å². The molecule has 3 aromatic carbocycles. The van der Waals surface area contributed by atoms with Gasteiger partial charge >= 0.3 is 0 Å². The van der Waals surface area contributed by atoms with Gasteiger partial charge in [0.25, 0.3) is 10.0 Å². The van der Waals surface area contributed by atoms with Crippen molar-refractivity contribution < 1.29 is 32.2 Å². The van der Waals surface area contributed by atoms with Crippen molar-refractivity contribution in [3.05, 3.63) is 78.4 Å². The Bertz CT molecular complexity index is 1480. The molecular formula is C32H41N3O7S. The molecule has 0 heterocycles. The molecule has 1 N–H and O–H groups in total. The average Bonchev–Trinajstić information content (AvgIpc) is 3.02. The molecule has 43 heavy (non-hydrogen) atoms. The Labute approximate surface area is 254 Å². The van der Waals surface area contributed by atoms with E-state index in [2.05, 4.69) is 5.32 Å². The number of hydrogen-bond donors (Lipinski definition) is 1. The zero-order valence-electron chi connectivity index (χ0n) is 25.6. The van der Waals surface area contributed by atoms with E-state index in [9.17, 15) is 18.0 Å². The van der Waals surface area contributed by atoms with Gasteiger partial charge in [0.1, 0.15) is 29.8 Å². The molecule has 1 unspecified atom stereocenters. The van der Waals surface area contributed by atoms with Gasteiger partial charge in [0, 0.05) is 19.2 Å². The topological polar surface area (TPSA) is 114 Å². The number of carbonyl (C=O) groups is 2. The second-order valence-corrected chi connectivity index (χ2v) is 12.2. The van der Waals surface area contributed by atoms with E-state index in [4.69, 9.17) is 14.2 Å². The van der Waals surface area contributed by atoms with Gasteiger partial charge in [-0.15, -0.1) is 0 Å². The van der Waals surface area contributed by atoms with Crippen LogP contribution in [0.4, 0.5) is 5.69 Å². The molecule has 10 nitrogen and oxygen atoms in total. The summed E-state index contributed by atoms with van der Waals surface area (Å²) in [7, 11) is 0.158. The second kappa shape index (κ2) is 15.3. The van der Waals surface area contributed by atoms with Crippen molar-refractivity contribution in [2.24, 2.45) is 5.92 Å².